The summed E-state index contributed by atoms with van der Waals surface area (Å²) in [4.78, 5) is 44.8. The molecule has 0 spiro atoms. The van der Waals surface area contributed by atoms with Gasteiger partial charge in [0.1, 0.15) is 12.3 Å². The number of nitrogens with zero attached hydrogens (tertiary/aromatic N) is 2. The Hall–Kier alpha value is -3.43. The van der Waals surface area contributed by atoms with Gasteiger partial charge in [0.25, 0.3) is 11.2 Å². The number of hydrogen-bond acceptors (Lipinski definition) is 7. The number of carbonyl (C=O) groups excluding carboxylic acids is 1. The van der Waals surface area contributed by atoms with Crippen LogP contribution >= 0.6 is 0 Å². The quantitative estimate of drug-likeness (QED) is 0.291. The van der Waals surface area contributed by atoms with Crippen LogP contribution in [0, 0.1) is 10.1 Å². The first-order chi connectivity index (χ1) is 12.8. The summed E-state index contributed by atoms with van der Waals surface area (Å²) in [6, 6.07) is 4.37. The predicted molar refractivity (Wildman–Crippen MR) is 96.9 cm³/mol. The zero-order chi connectivity index (χ0) is 20.0. The van der Waals surface area contributed by atoms with E-state index in [2.05, 4.69) is 5.32 Å². The summed E-state index contributed by atoms with van der Waals surface area (Å²) < 4.78 is 6.12. The van der Waals surface area contributed by atoms with Gasteiger partial charge >= 0.3 is 11.9 Å². The number of nitrogens with one attached hydrogen (secondary N) is 1. The van der Waals surface area contributed by atoms with Crippen LogP contribution in [-0.4, -0.2) is 39.7 Å². The van der Waals surface area contributed by atoms with E-state index in [9.17, 15) is 24.5 Å². The molecule has 0 aliphatic rings. The number of rotatable bonds is 9. The van der Waals surface area contributed by atoms with Crippen molar-refractivity contribution < 1.29 is 24.4 Å². The van der Waals surface area contributed by atoms with Crippen molar-refractivity contribution in [3.63, 3.8) is 0 Å². The van der Waals surface area contributed by atoms with Crippen molar-refractivity contribution in [3.8, 4) is 0 Å². The van der Waals surface area contributed by atoms with Crippen molar-refractivity contribution in [1.29, 1.82) is 0 Å². The highest BCUT2D eigenvalue weighted by Gasteiger charge is 2.20. The standard InChI is InChI=1S/C17H19N3O7/c1-11(21)27-10-9-19-8-6-12-13(17(19)24)4-5-14(16(12)20(25)26)18-7-2-3-15(22)23/h4-6,8,18H,2-3,7,9-10H2,1H3,(H,22,23). The van der Waals surface area contributed by atoms with E-state index >= 15 is 0 Å². The summed E-state index contributed by atoms with van der Waals surface area (Å²) in [5.74, 6) is -1.41. The van der Waals surface area contributed by atoms with Gasteiger partial charge in [-0.1, -0.05) is 0 Å². The third-order valence-corrected chi connectivity index (χ3v) is 3.83. The number of carbonyl (C=O) groups is 2. The number of benzene rings is 1. The molecule has 0 unspecified atom stereocenters. The highest BCUT2D eigenvalue weighted by atomic mass is 16.6. The minimum atomic E-state index is -0.945. The van der Waals surface area contributed by atoms with Crippen LogP contribution in [-0.2, 0) is 20.9 Å². The molecule has 1 aromatic carbocycles. The molecular weight excluding hydrogens is 358 g/mol. The maximum atomic E-state index is 12.5. The lowest BCUT2D eigenvalue weighted by Gasteiger charge is -2.11. The van der Waals surface area contributed by atoms with Crippen molar-refractivity contribution in [2.24, 2.45) is 0 Å². The van der Waals surface area contributed by atoms with Crippen molar-refractivity contribution in [2.75, 3.05) is 18.5 Å². The summed E-state index contributed by atoms with van der Waals surface area (Å²) in [6.07, 6.45) is 1.67. The minimum Gasteiger partial charge on any atom is -0.481 e. The Balaban J connectivity index is 2.32. The molecule has 2 aromatic rings. The van der Waals surface area contributed by atoms with E-state index in [1.807, 2.05) is 0 Å². The van der Waals surface area contributed by atoms with Gasteiger partial charge in [0.15, 0.2) is 0 Å². The molecular formula is C17H19N3O7. The van der Waals surface area contributed by atoms with Gasteiger partial charge in [0, 0.05) is 26.1 Å². The highest BCUT2D eigenvalue weighted by molar-refractivity contribution is 5.96. The predicted octanol–water partition coefficient (Wildman–Crippen LogP) is 1.75. The van der Waals surface area contributed by atoms with E-state index in [4.69, 9.17) is 9.84 Å². The topological polar surface area (TPSA) is 141 Å². The van der Waals surface area contributed by atoms with E-state index < -0.39 is 22.4 Å². The lowest BCUT2D eigenvalue weighted by Crippen LogP contribution is -2.22. The van der Waals surface area contributed by atoms with Crippen LogP contribution in [0.5, 0.6) is 0 Å². The molecule has 10 nitrogen and oxygen atoms in total. The maximum absolute atomic E-state index is 12.5. The molecule has 0 fully saturated rings. The van der Waals surface area contributed by atoms with Crippen molar-refractivity contribution in [1.82, 2.24) is 4.57 Å². The fraction of sp³-hybridized carbons (Fsp3) is 0.353. The number of nitro benzene ring substituents is 1. The Morgan fingerprint density at radius 2 is 2.04 bits per heavy atom. The number of nitro groups is 1. The van der Waals surface area contributed by atoms with Crippen molar-refractivity contribution in [2.45, 2.75) is 26.3 Å². The number of anilines is 1. The second-order valence-corrected chi connectivity index (χ2v) is 5.76. The number of ether oxygens (including phenoxy) is 1. The normalized spacial score (nSPS) is 10.6. The van der Waals surface area contributed by atoms with Crippen LogP contribution in [0.25, 0.3) is 10.8 Å². The van der Waals surface area contributed by atoms with Gasteiger partial charge in [-0.3, -0.25) is 24.5 Å². The van der Waals surface area contributed by atoms with Crippen LogP contribution in [0.3, 0.4) is 0 Å². The maximum Gasteiger partial charge on any atom is 0.303 e. The van der Waals surface area contributed by atoms with Crippen LogP contribution in [0.4, 0.5) is 11.4 Å². The Kier molecular flexibility index (Phi) is 6.47. The SMILES string of the molecule is CC(=O)OCCn1ccc2c([N+](=O)[O-])c(NCCCC(=O)O)ccc2c1=O. The number of esters is 1. The van der Waals surface area contributed by atoms with E-state index in [1.165, 1.54) is 35.9 Å². The smallest absolute Gasteiger partial charge is 0.303 e. The molecule has 0 amide bonds. The van der Waals surface area contributed by atoms with E-state index in [-0.39, 0.29) is 48.3 Å². The molecule has 0 aliphatic heterocycles. The molecule has 0 radical (unpaired) electrons. The highest BCUT2D eigenvalue weighted by Crippen LogP contribution is 2.32. The third-order valence-electron chi connectivity index (χ3n) is 3.83. The fourth-order valence-electron chi connectivity index (χ4n) is 2.62. The van der Waals surface area contributed by atoms with Crippen LogP contribution in [0.2, 0.25) is 0 Å². The van der Waals surface area contributed by atoms with E-state index in [0.29, 0.717) is 6.42 Å². The molecule has 0 bridgehead atoms. The average molecular weight is 377 g/mol. The second kappa shape index (κ2) is 8.79. The number of hydrogen-bond donors (Lipinski definition) is 2. The molecule has 144 valence electrons. The largest absolute Gasteiger partial charge is 0.481 e. The first kappa shape index (κ1) is 19.9. The van der Waals surface area contributed by atoms with Gasteiger partial charge in [-0.2, -0.15) is 0 Å². The Labute approximate surface area is 153 Å². The summed E-state index contributed by atoms with van der Waals surface area (Å²) >= 11 is 0. The molecule has 27 heavy (non-hydrogen) atoms. The van der Waals surface area contributed by atoms with Crippen LogP contribution < -0.4 is 10.9 Å². The van der Waals surface area contributed by atoms with Crippen LogP contribution in [0.15, 0.2) is 29.2 Å². The molecule has 10 heteroatoms. The monoisotopic (exact) mass is 377 g/mol. The average Bonchev–Trinajstić information content (AvgIpc) is 2.59. The Bertz CT molecular complexity index is 936. The zero-order valence-corrected chi connectivity index (χ0v) is 14.6. The summed E-state index contributed by atoms with van der Waals surface area (Å²) in [5.41, 5.74) is -0.456. The molecule has 1 heterocycles. The number of aromatic nitrogens is 1. The number of carboxylic acid groups (broad SMARTS) is 1. The van der Waals surface area contributed by atoms with Gasteiger partial charge in [-0.25, -0.2) is 0 Å². The first-order valence-corrected chi connectivity index (χ1v) is 8.21. The Morgan fingerprint density at radius 3 is 2.67 bits per heavy atom. The number of carboxylic acids is 1. The lowest BCUT2D eigenvalue weighted by atomic mass is 10.1. The van der Waals surface area contributed by atoms with Gasteiger partial charge < -0.3 is 19.7 Å². The van der Waals surface area contributed by atoms with Crippen LogP contribution in [0.1, 0.15) is 19.8 Å². The molecule has 0 aliphatic carbocycles. The van der Waals surface area contributed by atoms with Gasteiger partial charge in [0.2, 0.25) is 0 Å². The number of fused-ring (bicyclic) bond motifs is 1. The molecule has 1 aromatic heterocycles. The summed E-state index contributed by atoms with van der Waals surface area (Å²) in [6.45, 7) is 1.67. The minimum absolute atomic E-state index is 0.0199. The zero-order valence-electron chi connectivity index (χ0n) is 14.6. The van der Waals surface area contributed by atoms with E-state index in [1.54, 1.807) is 0 Å². The fourth-order valence-corrected chi connectivity index (χ4v) is 2.62. The molecule has 2 N–H and O–H groups in total. The summed E-state index contributed by atoms with van der Waals surface area (Å²) in [5, 5.41) is 23.4. The third kappa shape index (κ3) is 5.03. The summed E-state index contributed by atoms with van der Waals surface area (Å²) in [7, 11) is 0. The second-order valence-electron chi connectivity index (χ2n) is 5.76. The number of aliphatic carboxylic acids is 1. The van der Waals surface area contributed by atoms with Gasteiger partial charge in [-0.05, 0) is 24.6 Å². The van der Waals surface area contributed by atoms with E-state index in [0.717, 1.165) is 0 Å². The van der Waals surface area contributed by atoms with Crippen molar-refractivity contribution in [3.05, 3.63) is 44.9 Å². The lowest BCUT2D eigenvalue weighted by molar-refractivity contribution is -0.382. The van der Waals surface area contributed by atoms with Gasteiger partial charge in [-0.15, -0.1) is 0 Å². The Morgan fingerprint density at radius 1 is 1.30 bits per heavy atom. The molecule has 0 saturated carbocycles. The first-order valence-electron chi connectivity index (χ1n) is 8.21. The molecule has 0 saturated heterocycles. The van der Waals surface area contributed by atoms with Crippen molar-refractivity contribution >= 4 is 34.1 Å². The molecule has 0 atom stereocenters. The molecule has 2 rings (SSSR count). The van der Waals surface area contributed by atoms with Gasteiger partial charge in [0.05, 0.1) is 22.2 Å². The number of pyridine rings is 1.